The van der Waals surface area contributed by atoms with E-state index in [1.165, 1.54) is 19.0 Å². The summed E-state index contributed by atoms with van der Waals surface area (Å²) in [6.45, 7) is 0. The van der Waals surface area contributed by atoms with Crippen LogP contribution in [0.1, 0.15) is 0 Å². The van der Waals surface area contributed by atoms with E-state index < -0.39 is 0 Å². The van der Waals surface area contributed by atoms with Crippen molar-refractivity contribution >= 4 is 0 Å². The number of hydrogen-bond acceptors (Lipinski definition) is 3. The fraction of sp³-hybridized carbons (Fsp3) is 0. The molecule has 0 unspecified atom stereocenters. The molecule has 6 heavy (non-hydrogen) atoms. The smallest absolute Gasteiger partial charge is 0.119 e. The summed E-state index contributed by atoms with van der Waals surface area (Å²) >= 11 is 0. The van der Waals surface area contributed by atoms with Gasteiger partial charge in [0.2, 0.25) is 0 Å². The molecule has 1 heterocycles. The van der Waals surface area contributed by atoms with Crippen LogP contribution in [0.2, 0.25) is 0 Å². The van der Waals surface area contributed by atoms with E-state index in [-0.39, 0.29) is 0 Å². The lowest BCUT2D eigenvalue weighted by atomic mass is 11.2. The lowest BCUT2D eigenvalue weighted by Crippen LogP contribution is -1.73. The molecule has 3 heteroatoms. The van der Waals surface area contributed by atoms with Gasteiger partial charge in [-0.3, -0.25) is 0 Å². The standard InChI is InChI=1S/C3H3N3/c1-4-2-6-3-5-1/h1-3H/i1+1. The zero-order valence-corrected chi connectivity index (χ0v) is 3.07. The summed E-state index contributed by atoms with van der Waals surface area (Å²) in [5.74, 6) is 0. The van der Waals surface area contributed by atoms with Gasteiger partial charge in [0.25, 0.3) is 0 Å². The van der Waals surface area contributed by atoms with E-state index >= 15 is 0 Å². The quantitative estimate of drug-likeness (QED) is 0.437. The van der Waals surface area contributed by atoms with Crippen LogP contribution in [-0.2, 0) is 0 Å². The first-order valence-electron chi connectivity index (χ1n) is 1.55. The Morgan fingerprint density at radius 2 is 1.00 bits per heavy atom. The minimum Gasteiger partial charge on any atom is -0.225 e. The Hall–Kier alpha value is -0.990. The molecule has 0 saturated heterocycles. The highest BCUT2D eigenvalue weighted by Gasteiger charge is 1.59. The fourth-order valence-corrected chi connectivity index (χ4v) is 0.205. The summed E-state index contributed by atoms with van der Waals surface area (Å²) in [4.78, 5) is 10.7. The lowest BCUT2D eigenvalue weighted by molar-refractivity contribution is 1.05. The Bertz CT molecular complexity index is 78.0. The maximum Gasteiger partial charge on any atom is 0.119 e. The molecule has 3 nitrogen and oxygen atoms in total. The van der Waals surface area contributed by atoms with Gasteiger partial charge in [0, 0.05) is 0 Å². The highest BCUT2D eigenvalue weighted by atomic mass is 15.0. The van der Waals surface area contributed by atoms with Gasteiger partial charge in [0.05, 0.1) is 0 Å². The molecule has 1 aromatic heterocycles. The van der Waals surface area contributed by atoms with Crippen molar-refractivity contribution in [3.8, 4) is 0 Å². The second-order valence-corrected chi connectivity index (χ2v) is 0.794. The molecule has 0 amide bonds. The molecule has 0 fully saturated rings. The zero-order valence-electron chi connectivity index (χ0n) is 3.07. The first-order valence-corrected chi connectivity index (χ1v) is 1.55. The molecule has 0 aliphatic rings. The summed E-state index contributed by atoms with van der Waals surface area (Å²) < 4.78 is 0. The molecule has 0 aliphatic carbocycles. The topological polar surface area (TPSA) is 38.7 Å². The van der Waals surface area contributed by atoms with Crippen LogP contribution in [-0.4, -0.2) is 15.0 Å². The molecule has 30 valence electrons. The van der Waals surface area contributed by atoms with Crippen LogP contribution in [0.5, 0.6) is 0 Å². The largest absolute Gasteiger partial charge is 0.225 e. The summed E-state index contributed by atoms with van der Waals surface area (Å²) in [6, 6.07) is 0. The van der Waals surface area contributed by atoms with Crippen LogP contribution < -0.4 is 0 Å². The number of nitrogens with zero attached hydrogens (tertiary/aromatic N) is 3. The van der Waals surface area contributed by atoms with E-state index in [9.17, 15) is 0 Å². The van der Waals surface area contributed by atoms with Crippen molar-refractivity contribution in [2.45, 2.75) is 0 Å². The minimum absolute atomic E-state index is 1.44. The maximum atomic E-state index is 3.56. The highest BCUT2D eigenvalue weighted by Crippen LogP contribution is 1.57. The summed E-state index contributed by atoms with van der Waals surface area (Å²) in [5.41, 5.74) is 0. The fourth-order valence-electron chi connectivity index (χ4n) is 0.205. The molecule has 0 atom stereocenters. The third-order valence-corrected chi connectivity index (χ3v) is 0.400. The minimum atomic E-state index is 1.44. The van der Waals surface area contributed by atoms with Gasteiger partial charge >= 0.3 is 0 Å². The van der Waals surface area contributed by atoms with Crippen molar-refractivity contribution in [3.63, 3.8) is 0 Å². The van der Waals surface area contributed by atoms with E-state index in [0.717, 1.165) is 0 Å². The van der Waals surface area contributed by atoms with E-state index in [2.05, 4.69) is 15.0 Å². The molecule has 1 aromatic rings. The van der Waals surface area contributed by atoms with Crippen LogP contribution in [0, 0.1) is 0 Å². The van der Waals surface area contributed by atoms with Gasteiger partial charge in [-0.25, -0.2) is 15.0 Å². The molecule has 0 aromatic carbocycles. The first kappa shape index (κ1) is 3.21. The van der Waals surface area contributed by atoms with Crippen molar-refractivity contribution in [1.29, 1.82) is 0 Å². The number of rotatable bonds is 0. The maximum absolute atomic E-state index is 3.56. The van der Waals surface area contributed by atoms with Gasteiger partial charge in [-0.05, 0) is 0 Å². The molecule has 0 bridgehead atoms. The van der Waals surface area contributed by atoms with Crippen LogP contribution in [0.25, 0.3) is 0 Å². The second kappa shape index (κ2) is 1.45. The molecular formula is C3H3N3. The Morgan fingerprint density at radius 1 is 0.667 bits per heavy atom. The zero-order chi connectivity index (χ0) is 4.24. The van der Waals surface area contributed by atoms with Gasteiger partial charge in [0.1, 0.15) is 19.0 Å². The van der Waals surface area contributed by atoms with E-state index in [0.29, 0.717) is 0 Å². The average molecular weight is 82.1 g/mol. The lowest BCUT2D eigenvalue weighted by Gasteiger charge is -1.69. The number of hydrogen-bond donors (Lipinski definition) is 0. The predicted molar refractivity (Wildman–Crippen MR) is 19.8 cm³/mol. The van der Waals surface area contributed by atoms with Gasteiger partial charge in [-0.1, -0.05) is 0 Å². The monoisotopic (exact) mass is 82.0 g/mol. The van der Waals surface area contributed by atoms with Gasteiger partial charge < -0.3 is 0 Å². The third-order valence-electron chi connectivity index (χ3n) is 0.400. The van der Waals surface area contributed by atoms with Gasteiger partial charge in [0.15, 0.2) is 0 Å². The van der Waals surface area contributed by atoms with Crippen molar-refractivity contribution in [3.05, 3.63) is 19.0 Å². The van der Waals surface area contributed by atoms with Crippen LogP contribution in [0.3, 0.4) is 0 Å². The normalized spacial score (nSPS) is 8.00. The summed E-state index contributed by atoms with van der Waals surface area (Å²) in [6.07, 6.45) is 4.31. The molecule has 0 saturated carbocycles. The van der Waals surface area contributed by atoms with Crippen molar-refractivity contribution < 1.29 is 0 Å². The Morgan fingerprint density at radius 3 is 1.17 bits per heavy atom. The molecule has 0 spiro atoms. The van der Waals surface area contributed by atoms with E-state index in [1.807, 2.05) is 0 Å². The van der Waals surface area contributed by atoms with Crippen LogP contribution in [0.15, 0.2) is 19.0 Å². The van der Waals surface area contributed by atoms with E-state index in [4.69, 9.17) is 0 Å². The predicted octanol–water partition coefficient (Wildman–Crippen LogP) is -0.128. The molecule has 1 rings (SSSR count). The Labute approximate surface area is 35.1 Å². The van der Waals surface area contributed by atoms with Crippen LogP contribution >= 0.6 is 0 Å². The molecule has 0 aliphatic heterocycles. The van der Waals surface area contributed by atoms with Gasteiger partial charge in [-0.2, -0.15) is 0 Å². The Kier molecular flexibility index (Phi) is 0.774. The SMILES string of the molecule is c1ncn[13cH]n1. The molecule has 0 N–H and O–H groups in total. The van der Waals surface area contributed by atoms with Crippen molar-refractivity contribution in [1.82, 2.24) is 15.0 Å². The third kappa shape index (κ3) is 0.484. The molecular weight excluding hydrogens is 79.0 g/mol. The number of aromatic nitrogens is 3. The van der Waals surface area contributed by atoms with Crippen LogP contribution in [0.4, 0.5) is 0 Å². The summed E-state index contributed by atoms with van der Waals surface area (Å²) in [7, 11) is 0. The van der Waals surface area contributed by atoms with Crippen molar-refractivity contribution in [2.75, 3.05) is 0 Å². The second-order valence-electron chi connectivity index (χ2n) is 0.794. The Balaban J connectivity index is 3.00. The van der Waals surface area contributed by atoms with Crippen molar-refractivity contribution in [2.24, 2.45) is 0 Å². The summed E-state index contributed by atoms with van der Waals surface area (Å²) in [5, 5.41) is 0. The van der Waals surface area contributed by atoms with Gasteiger partial charge in [-0.15, -0.1) is 0 Å². The average Bonchev–Trinajstić information content (AvgIpc) is 1.72. The highest BCUT2D eigenvalue weighted by molar-refractivity contribution is 4.51. The first-order chi connectivity index (χ1) is 3.00. The molecule has 0 radical (unpaired) electrons. The van der Waals surface area contributed by atoms with E-state index in [1.54, 1.807) is 0 Å².